The van der Waals surface area contributed by atoms with E-state index >= 15 is 0 Å². The molecule has 3 heterocycles. The average molecular weight is 561 g/mol. The molecule has 0 bridgehead atoms. The summed E-state index contributed by atoms with van der Waals surface area (Å²) in [6.45, 7) is 20.0. The van der Waals surface area contributed by atoms with E-state index in [0.29, 0.717) is 30.7 Å². The molecular weight excluding hydrogens is 504 g/mol. The second-order valence-electron chi connectivity index (χ2n) is 14.1. The summed E-state index contributed by atoms with van der Waals surface area (Å²) in [6, 6.07) is 10.4. The van der Waals surface area contributed by atoms with Crippen LogP contribution < -0.4 is 0 Å². The minimum Gasteiger partial charge on any atom is -0.414 e. The zero-order valence-electron chi connectivity index (χ0n) is 26.0. The minimum atomic E-state index is -1.78. The molecule has 0 N–H and O–H groups in total. The molecule has 0 radical (unpaired) electrons. The highest BCUT2D eigenvalue weighted by atomic mass is 28.4. The molecule has 0 spiro atoms. The smallest absolute Gasteiger partial charge is 0.192 e. The maximum Gasteiger partial charge on any atom is 0.192 e. The second kappa shape index (κ2) is 13.5. The van der Waals surface area contributed by atoms with Crippen molar-refractivity contribution in [1.29, 1.82) is 0 Å². The predicted molar refractivity (Wildman–Crippen MR) is 160 cm³/mol. The van der Waals surface area contributed by atoms with Gasteiger partial charge >= 0.3 is 0 Å². The fourth-order valence-corrected chi connectivity index (χ4v) is 7.59. The molecule has 0 aromatic heterocycles. The van der Waals surface area contributed by atoms with E-state index in [1.54, 1.807) is 0 Å². The number of ether oxygens (including phenoxy) is 4. The van der Waals surface area contributed by atoms with Gasteiger partial charge in [-0.15, -0.1) is 0 Å². The van der Waals surface area contributed by atoms with Crippen LogP contribution in [0.1, 0.15) is 92.1 Å². The molecule has 3 aliphatic rings. The molecule has 9 atom stereocenters. The van der Waals surface area contributed by atoms with Crippen LogP contribution in [0.5, 0.6) is 0 Å². The van der Waals surface area contributed by atoms with Crippen LogP contribution in [0.2, 0.25) is 18.1 Å². The van der Waals surface area contributed by atoms with Crippen LogP contribution in [0.25, 0.3) is 0 Å². The summed E-state index contributed by atoms with van der Waals surface area (Å²) in [6.07, 6.45) is 9.59. The highest BCUT2D eigenvalue weighted by Crippen LogP contribution is 2.44. The van der Waals surface area contributed by atoms with Gasteiger partial charge in [-0.05, 0) is 62.2 Å². The van der Waals surface area contributed by atoms with Gasteiger partial charge in [0.25, 0.3) is 0 Å². The summed E-state index contributed by atoms with van der Waals surface area (Å²) in [7, 11) is -1.78. The van der Waals surface area contributed by atoms with Gasteiger partial charge in [0, 0.05) is 17.9 Å². The normalized spacial score (nSPS) is 31.8. The zero-order valence-corrected chi connectivity index (χ0v) is 27.0. The minimum absolute atomic E-state index is 0.211. The zero-order chi connectivity index (χ0) is 28.2. The van der Waals surface area contributed by atoms with Gasteiger partial charge < -0.3 is 23.4 Å². The lowest BCUT2D eigenvalue weighted by molar-refractivity contribution is -0.0261. The molecule has 4 rings (SSSR count). The molecule has 39 heavy (non-hydrogen) atoms. The van der Waals surface area contributed by atoms with Crippen LogP contribution >= 0.6 is 0 Å². The lowest BCUT2D eigenvalue weighted by Gasteiger charge is -2.40. The first-order valence-electron chi connectivity index (χ1n) is 15.7. The van der Waals surface area contributed by atoms with Gasteiger partial charge in [0.15, 0.2) is 8.32 Å². The predicted octanol–water partition coefficient (Wildman–Crippen LogP) is 7.92. The van der Waals surface area contributed by atoms with Gasteiger partial charge in [0.2, 0.25) is 0 Å². The lowest BCUT2D eigenvalue weighted by Crippen LogP contribution is -2.44. The van der Waals surface area contributed by atoms with E-state index in [-0.39, 0.29) is 35.6 Å². The first-order valence-corrected chi connectivity index (χ1v) is 18.6. The third-order valence-corrected chi connectivity index (χ3v) is 14.3. The number of hydrogen-bond acceptors (Lipinski definition) is 5. The summed E-state index contributed by atoms with van der Waals surface area (Å²) in [5.41, 5.74) is 1.22. The third-order valence-electron chi connectivity index (χ3n) is 9.79. The molecule has 0 aliphatic carbocycles. The Morgan fingerprint density at radius 2 is 1.67 bits per heavy atom. The van der Waals surface area contributed by atoms with Crippen LogP contribution in [-0.4, -0.2) is 57.7 Å². The monoisotopic (exact) mass is 560 g/mol. The van der Waals surface area contributed by atoms with Crippen LogP contribution in [0.3, 0.4) is 0 Å². The summed E-state index contributed by atoms with van der Waals surface area (Å²) in [5, 5.41) is 0.235. The Morgan fingerprint density at radius 3 is 2.36 bits per heavy atom. The molecule has 3 saturated heterocycles. The summed E-state index contributed by atoms with van der Waals surface area (Å²) in [4.78, 5) is 0. The van der Waals surface area contributed by atoms with Gasteiger partial charge in [-0.3, -0.25) is 0 Å². The molecular formula is C33H56O5Si. The van der Waals surface area contributed by atoms with Crippen molar-refractivity contribution in [3.05, 3.63) is 35.9 Å². The Labute approximate surface area is 239 Å². The Morgan fingerprint density at radius 1 is 0.949 bits per heavy atom. The Balaban J connectivity index is 1.18. The maximum atomic E-state index is 6.83. The molecule has 0 amide bonds. The van der Waals surface area contributed by atoms with Crippen LogP contribution in [-0.2, 0) is 30.0 Å². The van der Waals surface area contributed by atoms with Crippen molar-refractivity contribution in [2.24, 2.45) is 11.8 Å². The molecule has 222 valence electrons. The molecule has 0 unspecified atom stereocenters. The van der Waals surface area contributed by atoms with Crippen molar-refractivity contribution in [1.82, 2.24) is 0 Å². The quantitative estimate of drug-likeness (QED) is 0.171. The summed E-state index contributed by atoms with van der Waals surface area (Å²) < 4.78 is 32.2. The fourth-order valence-electron chi connectivity index (χ4n) is 6.19. The lowest BCUT2D eigenvalue weighted by atomic mass is 9.94. The molecule has 6 heteroatoms. The van der Waals surface area contributed by atoms with E-state index in [0.717, 1.165) is 51.6 Å². The highest BCUT2D eigenvalue weighted by Gasteiger charge is 2.53. The fraction of sp³-hybridized carbons (Fsp3) is 0.818. The largest absolute Gasteiger partial charge is 0.414 e. The topological polar surface area (TPSA) is 49.5 Å². The van der Waals surface area contributed by atoms with E-state index in [1.807, 2.05) is 6.07 Å². The number of rotatable bonds is 14. The van der Waals surface area contributed by atoms with Gasteiger partial charge in [-0.1, -0.05) is 78.3 Å². The van der Waals surface area contributed by atoms with Crippen molar-refractivity contribution in [3.63, 3.8) is 0 Å². The van der Waals surface area contributed by atoms with E-state index < -0.39 is 8.32 Å². The first-order chi connectivity index (χ1) is 18.5. The van der Waals surface area contributed by atoms with Crippen molar-refractivity contribution >= 4 is 8.32 Å². The summed E-state index contributed by atoms with van der Waals surface area (Å²) >= 11 is 0. The Hall–Kier alpha value is -0.763. The summed E-state index contributed by atoms with van der Waals surface area (Å²) in [5.74, 6) is 0.789. The number of hydrogen-bond donors (Lipinski definition) is 0. The molecule has 5 nitrogen and oxygen atoms in total. The van der Waals surface area contributed by atoms with Crippen LogP contribution in [0.15, 0.2) is 30.3 Å². The molecule has 3 aliphatic heterocycles. The highest BCUT2D eigenvalue weighted by molar-refractivity contribution is 6.74. The Kier molecular flexibility index (Phi) is 10.8. The van der Waals surface area contributed by atoms with Crippen molar-refractivity contribution < 1.29 is 23.4 Å². The van der Waals surface area contributed by atoms with E-state index in [4.69, 9.17) is 23.4 Å². The number of epoxide rings is 1. The van der Waals surface area contributed by atoms with Crippen molar-refractivity contribution in [3.8, 4) is 0 Å². The number of benzene rings is 1. The van der Waals surface area contributed by atoms with E-state index in [9.17, 15) is 0 Å². The van der Waals surface area contributed by atoms with Crippen LogP contribution in [0.4, 0.5) is 0 Å². The van der Waals surface area contributed by atoms with E-state index in [1.165, 1.54) is 5.56 Å². The average Bonchev–Trinajstić information content (AvgIpc) is 3.28. The van der Waals surface area contributed by atoms with Gasteiger partial charge in [0.05, 0.1) is 43.7 Å². The van der Waals surface area contributed by atoms with E-state index in [2.05, 4.69) is 78.9 Å². The second-order valence-corrected chi connectivity index (χ2v) is 18.8. The molecule has 1 aromatic carbocycles. The van der Waals surface area contributed by atoms with Crippen molar-refractivity contribution in [2.45, 2.75) is 154 Å². The molecule has 1 aromatic rings. The molecule has 0 saturated carbocycles. The SMILES string of the molecule is CCC[C@@H](C[C@@H]1CC[C@H]([C@@H](C)[C@@H]2O[C@H]2[C@@H]2CC[C@H]([C@@H](C)COCc3ccccc3)O2)O1)O[Si](C)(C)C(C)(C)C. The molecule has 3 fully saturated rings. The van der Waals surface area contributed by atoms with Gasteiger partial charge in [-0.25, -0.2) is 0 Å². The first kappa shape index (κ1) is 31.2. The van der Waals surface area contributed by atoms with Crippen LogP contribution in [0, 0.1) is 11.8 Å². The standard InChI is InChI=1S/C33H56O5Si/c1-9-13-27(38-39(7,8)33(4,5)6)20-26-16-17-29(35-26)24(3)31-32(37-31)30-19-18-28(36-30)23(2)21-34-22-25-14-11-10-12-15-25/h10-12,14-15,23-24,26-32H,9,13,16-22H2,1-8H3/t23-,24+,26-,27-,28+,29+,30-,31-,32-/m0/s1. The van der Waals surface area contributed by atoms with Gasteiger partial charge in [-0.2, -0.15) is 0 Å². The Bertz CT molecular complexity index is 871. The van der Waals surface area contributed by atoms with Crippen molar-refractivity contribution in [2.75, 3.05) is 6.61 Å². The third kappa shape index (κ3) is 8.39. The van der Waals surface area contributed by atoms with Gasteiger partial charge in [0.1, 0.15) is 6.10 Å². The maximum absolute atomic E-state index is 6.83.